The van der Waals surface area contributed by atoms with Crippen LogP contribution >= 0.6 is 11.8 Å². The molecule has 3 aromatic carbocycles. The Labute approximate surface area is 176 Å². The summed E-state index contributed by atoms with van der Waals surface area (Å²) >= 11 is 1.34. The number of nitrogens with zero attached hydrogens (tertiary/aromatic N) is 3. The second-order valence-electron chi connectivity index (χ2n) is 6.83. The van der Waals surface area contributed by atoms with E-state index in [0.29, 0.717) is 10.7 Å². The fourth-order valence-electron chi connectivity index (χ4n) is 3.43. The topological polar surface area (TPSA) is 59.3 Å². The number of hydrogen-bond donors (Lipinski definition) is 1. The van der Waals surface area contributed by atoms with Gasteiger partial charge in [-0.05, 0) is 30.3 Å². The molecule has 5 aromatic rings. The van der Waals surface area contributed by atoms with Crippen molar-refractivity contribution >= 4 is 45.3 Å². The van der Waals surface area contributed by atoms with Crippen molar-refractivity contribution in [2.45, 2.75) is 11.7 Å². The number of carbonyl (C=O) groups is 1. The Morgan fingerprint density at radius 3 is 2.53 bits per heavy atom. The Bertz CT molecular complexity index is 1400. The number of thioether (sulfide) groups is 1. The molecular weight excluding hydrogens is 399 g/mol. The molecule has 0 saturated heterocycles. The molecule has 5 rings (SSSR count). The third-order valence-electron chi connectivity index (χ3n) is 4.88. The largest absolute Gasteiger partial charge is 0.351 e. The van der Waals surface area contributed by atoms with Crippen LogP contribution in [0.5, 0.6) is 0 Å². The van der Waals surface area contributed by atoms with Gasteiger partial charge in [0.05, 0.1) is 22.3 Å². The van der Waals surface area contributed by atoms with E-state index in [-0.39, 0.29) is 24.0 Å². The molecule has 0 aliphatic rings. The molecule has 30 heavy (non-hydrogen) atoms. The third kappa shape index (κ3) is 3.37. The summed E-state index contributed by atoms with van der Waals surface area (Å²) in [4.78, 5) is 22.0. The number of amides is 1. The summed E-state index contributed by atoms with van der Waals surface area (Å²) in [5, 5.41) is 4.43. The summed E-state index contributed by atoms with van der Waals surface area (Å²) in [5.74, 6) is -0.342. The molecule has 1 N–H and O–H groups in total. The van der Waals surface area contributed by atoms with Gasteiger partial charge in [0.25, 0.3) is 0 Å². The minimum Gasteiger partial charge on any atom is -0.351 e. The molecule has 148 valence electrons. The number of benzene rings is 3. The van der Waals surface area contributed by atoms with E-state index in [9.17, 15) is 9.18 Å². The van der Waals surface area contributed by atoms with E-state index in [0.717, 1.165) is 27.6 Å². The van der Waals surface area contributed by atoms with E-state index >= 15 is 0 Å². The van der Waals surface area contributed by atoms with Crippen LogP contribution in [0.25, 0.3) is 27.6 Å². The predicted molar refractivity (Wildman–Crippen MR) is 117 cm³/mol. The maximum absolute atomic E-state index is 13.7. The number of para-hydroxylation sites is 3. The van der Waals surface area contributed by atoms with E-state index in [4.69, 9.17) is 9.97 Å². The Morgan fingerprint density at radius 1 is 0.933 bits per heavy atom. The average molecular weight is 416 g/mol. The first-order valence-corrected chi connectivity index (χ1v) is 10.5. The molecule has 0 unspecified atom stereocenters. The number of hydrogen-bond acceptors (Lipinski definition) is 4. The molecule has 0 spiro atoms. The summed E-state index contributed by atoms with van der Waals surface area (Å²) < 4.78 is 15.7. The van der Waals surface area contributed by atoms with Crippen LogP contribution in [0.15, 0.2) is 78.0 Å². The van der Waals surface area contributed by atoms with Crippen molar-refractivity contribution < 1.29 is 9.18 Å². The van der Waals surface area contributed by atoms with Gasteiger partial charge in [-0.15, -0.1) is 0 Å². The minimum absolute atomic E-state index is 0.153. The maximum atomic E-state index is 13.7. The van der Waals surface area contributed by atoms with Crippen molar-refractivity contribution in [3.8, 4) is 0 Å². The van der Waals surface area contributed by atoms with Gasteiger partial charge in [-0.1, -0.05) is 54.2 Å². The summed E-state index contributed by atoms with van der Waals surface area (Å²) in [6, 6.07) is 22.1. The molecule has 2 aromatic heterocycles. The predicted octanol–water partition coefficient (Wildman–Crippen LogP) is 4.58. The van der Waals surface area contributed by atoms with Crippen LogP contribution in [-0.4, -0.2) is 26.0 Å². The molecule has 0 atom stereocenters. The summed E-state index contributed by atoms with van der Waals surface area (Å²) in [5.41, 5.74) is 3.93. The highest BCUT2D eigenvalue weighted by molar-refractivity contribution is 7.99. The SMILES string of the molecule is O=C(CSc1nc2ccccc2c2nc3ccccc3n12)NCc1ccccc1F. The van der Waals surface area contributed by atoms with Gasteiger partial charge in [-0.25, -0.2) is 14.4 Å². The van der Waals surface area contributed by atoms with Crippen molar-refractivity contribution in [1.29, 1.82) is 0 Å². The minimum atomic E-state index is -0.326. The number of imidazole rings is 1. The molecule has 0 fully saturated rings. The van der Waals surface area contributed by atoms with Crippen LogP contribution in [0.4, 0.5) is 4.39 Å². The number of aromatic nitrogens is 3. The molecule has 0 radical (unpaired) electrons. The quantitative estimate of drug-likeness (QED) is 0.336. The van der Waals surface area contributed by atoms with Crippen molar-refractivity contribution in [2.75, 3.05) is 5.75 Å². The van der Waals surface area contributed by atoms with Crippen molar-refractivity contribution in [3.63, 3.8) is 0 Å². The number of carbonyl (C=O) groups excluding carboxylic acids is 1. The third-order valence-corrected chi connectivity index (χ3v) is 5.82. The Hall–Kier alpha value is -3.45. The lowest BCUT2D eigenvalue weighted by Gasteiger charge is -2.09. The summed E-state index contributed by atoms with van der Waals surface area (Å²) in [6.45, 7) is 0.153. The van der Waals surface area contributed by atoms with Gasteiger partial charge in [0.2, 0.25) is 5.91 Å². The smallest absolute Gasteiger partial charge is 0.230 e. The van der Waals surface area contributed by atoms with Gasteiger partial charge in [-0.2, -0.15) is 0 Å². The molecule has 0 aliphatic carbocycles. The van der Waals surface area contributed by atoms with Gasteiger partial charge >= 0.3 is 0 Å². The highest BCUT2D eigenvalue weighted by atomic mass is 32.2. The number of nitrogens with one attached hydrogen (secondary N) is 1. The molecule has 2 heterocycles. The molecule has 0 aliphatic heterocycles. The van der Waals surface area contributed by atoms with E-state index in [1.54, 1.807) is 18.2 Å². The fraction of sp³-hybridized carbons (Fsp3) is 0.0870. The first kappa shape index (κ1) is 18.6. The lowest BCUT2D eigenvalue weighted by Crippen LogP contribution is -2.25. The second kappa shape index (κ2) is 7.76. The van der Waals surface area contributed by atoms with Crippen LogP contribution < -0.4 is 5.32 Å². The lowest BCUT2D eigenvalue weighted by molar-refractivity contribution is -0.118. The number of fused-ring (bicyclic) bond motifs is 5. The zero-order valence-corrected chi connectivity index (χ0v) is 16.7. The van der Waals surface area contributed by atoms with Gasteiger partial charge < -0.3 is 5.32 Å². The monoisotopic (exact) mass is 416 g/mol. The molecule has 1 amide bonds. The van der Waals surface area contributed by atoms with Gasteiger partial charge in [0, 0.05) is 17.5 Å². The van der Waals surface area contributed by atoms with E-state index in [1.807, 2.05) is 52.9 Å². The Morgan fingerprint density at radius 2 is 1.67 bits per heavy atom. The van der Waals surface area contributed by atoms with E-state index in [2.05, 4.69) is 5.32 Å². The second-order valence-corrected chi connectivity index (χ2v) is 7.77. The van der Waals surface area contributed by atoms with Crippen LogP contribution in [0.2, 0.25) is 0 Å². The fourth-order valence-corrected chi connectivity index (χ4v) is 4.27. The zero-order chi connectivity index (χ0) is 20.5. The van der Waals surface area contributed by atoms with Crippen LogP contribution in [0, 0.1) is 5.82 Å². The highest BCUT2D eigenvalue weighted by Gasteiger charge is 2.15. The first-order chi connectivity index (χ1) is 14.7. The van der Waals surface area contributed by atoms with Crippen molar-refractivity contribution in [1.82, 2.24) is 19.7 Å². The van der Waals surface area contributed by atoms with Crippen LogP contribution in [0.3, 0.4) is 0 Å². The molecular formula is C23H17FN4OS. The zero-order valence-electron chi connectivity index (χ0n) is 15.9. The lowest BCUT2D eigenvalue weighted by atomic mass is 10.2. The van der Waals surface area contributed by atoms with Gasteiger partial charge in [0.1, 0.15) is 11.5 Å². The molecule has 7 heteroatoms. The summed E-state index contributed by atoms with van der Waals surface area (Å²) in [6.07, 6.45) is 0. The van der Waals surface area contributed by atoms with Crippen LogP contribution in [0.1, 0.15) is 5.56 Å². The number of halogens is 1. The molecule has 5 nitrogen and oxygen atoms in total. The van der Waals surface area contributed by atoms with Crippen molar-refractivity contribution in [3.05, 3.63) is 84.2 Å². The Balaban J connectivity index is 1.44. The average Bonchev–Trinajstić information content (AvgIpc) is 3.17. The van der Waals surface area contributed by atoms with E-state index < -0.39 is 0 Å². The normalized spacial score (nSPS) is 11.4. The number of rotatable bonds is 5. The highest BCUT2D eigenvalue weighted by Crippen LogP contribution is 2.28. The van der Waals surface area contributed by atoms with E-state index in [1.165, 1.54) is 17.8 Å². The molecule has 0 saturated carbocycles. The van der Waals surface area contributed by atoms with Gasteiger partial charge in [-0.3, -0.25) is 9.20 Å². The van der Waals surface area contributed by atoms with Crippen LogP contribution in [-0.2, 0) is 11.3 Å². The maximum Gasteiger partial charge on any atom is 0.230 e. The van der Waals surface area contributed by atoms with Crippen molar-refractivity contribution in [2.24, 2.45) is 0 Å². The Kier molecular flexibility index (Phi) is 4.80. The molecule has 0 bridgehead atoms. The standard InChI is InChI=1S/C23H17FN4OS/c24-17-9-3-1-7-15(17)13-25-21(29)14-30-23-27-18-10-4-2-8-16(18)22-26-19-11-5-6-12-20(19)28(22)23/h1-12H,13-14H2,(H,25,29). The summed E-state index contributed by atoms with van der Waals surface area (Å²) in [7, 11) is 0. The van der Waals surface area contributed by atoms with Gasteiger partial charge in [0.15, 0.2) is 5.16 Å². The first-order valence-electron chi connectivity index (χ1n) is 9.49.